The Morgan fingerprint density at radius 1 is 1.28 bits per heavy atom. The van der Waals surface area contributed by atoms with Crippen LogP contribution in [0.4, 0.5) is 4.39 Å². The van der Waals surface area contributed by atoms with Crippen molar-refractivity contribution in [3.05, 3.63) is 47.5 Å². The summed E-state index contributed by atoms with van der Waals surface area (Å²) in [5.74, 6) is 0.916. The largest absolute Gasteiger partial charge is 0.492 e. The van der Waals surface area contributed by atoms with Gasteiger partial charge < -0.3 is 14.6 Å². The van der Waals surface area contributed by atoms with E-state index in [4.69, 9.17) is 4.74 Å². The Labute approximate surface area is 148 Å². The summed E-state index contributed by atoms with van der Waals surface area (Å²) in [7, 11) is 0. The Balaban J connectivity index is 1.68. The molecule has 134 valence electrons. The predicted octanol–water partition coefficient (Wildman–Crippen LogP) is 3.76. The molecule has 1 aromatic carbocycles. The van der Waals surface area contributed by atoms with Crippen LogP contribution in [0, 0.1) is 11.7 Å². The van der Waals surface area contributed by atoms with E-state index in [9.17, 15) is 9.18 Å². The molecule has 1 aliphatic rings. The van der Waals surface area contributed by atoms with Crippen LogP contribution in [0.2, 0.25) is 0 Å². The lowest BCUT2D eigenvalue weighted by molar-refractivity contribution is 0.0972. The lowest BCUT2D eigenvalue weighted by Gasteiger charge is -2.16. The minimum Gasteiger partial charge on any atom is -0.492 e. The highest BCUT2D eigenvalue weighted by Crippen LogP contribution is 2.27. The second-order valence-electron chi connectivity index (χ2n) is 6.88. The van der Waals surface area contributed by atoms with Gasteiger partial charge in [-0.25, -0.2) is 4.39 Å². The molecule has 0 unspecified atom stereocenters. The predicted molar refractivity (Wildman–Crippen MR) is 96.2 cm³/mol. The normalized spacial score (nSPS) is 14.0. The maximum atomic E-state index is 14.6. The lowest BCUT2D eigenvalue weighted by Crippen LogP contribution is -2.24. The highest BCUT2D eigenvalue weighted by Gasteiger charge is 2.22. The molecular formula is C20H25FN2O2. The van der Waals surface area contributed by atoms with Crippen molar-refractivity contribution >= 4 is 5.78 Å². The van der Waals surface area contributed by atoms with Crippen LogP contribution in [-0.2, 0) is 6.42 Å². The van der Waals surface area contributed by atoms with Crippen molar-refractivity contribution < 1.29 is 13.9 Å². The lowest BCUT2D eigenvalue weighted by atomic mass is 9.97. The summed E-state index contributed by atoms with van der Waals surface area (Å²) in [4.78, 5) is 11.9. The Bertz CT molecular complexity index is 752. The van der Waals surface area contributed by atoms with Crippen LogP contribution in [0.3, 0.4) is 0 Å². The maximum Gasteiger partial charge on any atom is 0.164 e. The van der Waals surface area contributed by atoms with Crippen molar-refractivity contribution in [2.24, 2.45) is 5.92 Å². The smallest absolute Gasteiger partial charge is 0.164 e. The number of Topliss-reactive ketones (excluding diaryl/α,β-unsaturated/α-hetero) is 1. The van der Waals surface area contributed by atoms with Gasteiger partial charge in [0.2, 0.25) is 0 Å². The number of nitrogens with zero attached hydrogens (tertiary/aromatic N) is 1. The number of carbonyl (C=O) groups excluding carboxylic acids is 1. The second kappa shape index (κ2) is 7.83. The molecule has 0 aliphatic heterocycles. The van der Waals surface area contributed by atoms with Crippen LogP contribution >= 0.6 is 0 Å². The maximum absolute atomic E-state index is 14.6. The van der Waals surface area contributed by atoms with E-state index in [0.29, 0.717) is 30.4 Å². The van der Waals surface area contributed by atoms with Gasteiger partial charge in [0.1, 0.15) is 12.4 Å². The van der Waals surface area contributed by atoms with E-state index in [1.165, 1.54) is 6.07 Å². The van der Waals surface area contributed by atoms with Gasteiger partial charge in [-0.15, -0.1) is 0 Å². The molecule has 0 amide bonds. The van der Waals surface area contributed by atoms with Crippen LogP contribution in [0.25, 0.3) is 5.69 Å². The molecule has 3 rings (SSSR count). The molecule has 0 fully saturated rings. The van der Waals surface area contributed by atoms with Gasteiger partial charge in [0.05, 0.1) is 5.69 Å². The number of hydrogen-bond donors (Lipinski definition) is 1. The number of nitrogens with one attached hydrogen (secondary N) is 1. The number of carbonyl (C=O) groups is 1. The molecule has 1 aromatic heterocycles. The molecule has 0 atom stereocenters. The SMILES string of the molecule is CC(C)CNCCOc1ccc(-n2ccc3c2CCCC3=O)c(F)c1. The molecule has 1 N–H and O–H groups in total. The Morgan fingerprint density at radius 2 is 2.12 bits per heavy atom. The van der Waals surface area contributed by atoms with Crippen LogP contribution in [0.5, 0.6) is 5.75 Å². The number of ketones is 1. The fourth-order valence-electron chi connectivity index (χ4n) is 3.16. The first-order chi connectivity index (χ1) is 12.1. The highest BCUT2D eigenvalue weighted by atomic mass is 19.1. The molecule has 0 spiro atoms. The summed E-state index contributed by atoms with van der Waals surface area (Å²) in [5.41, 5.74) is 2.09. The quantitative estimate of drug-likeness (QED) is 0.778. The Morgan fingerprint density at radius 3 is 2.88 bits per heavy atom. The highest BCUT2D eigenvalue weighted by molar-refractivity contribution is 5.98. The monoisotopic (exact) mass is 344 g/mol. The number of hydrogen-bond acceptors (Lipinski definition) is 3. The molecule has 4 nitrogen and oxygen atoms in total. The van der Waals surface area contributed by atoms with Gasteiger partial charge in [0.15, 0.2) is 11.6 Å². The fourth-order valence-corrected chi connectivity index (χ4v) is 3.16. The van der Waals surface area contributed by atoms with Crippen LogP contribution in [0.15, 0.2) is 30.5 Å². The van der Waals surface area contributed by atoms with Crippen molar-refractivity contribution in [3.8, 4) is 11.4 Å². The van der Waals surface area contributed by atoms with E-state index < -0.39 is 0 Å². The molecule has 0 radical (unpaired) electrons. The average molecular weight is 344 g/mol. The summed E-state index contributed by atoms with van der Waals surface area (Å²) in [6.07, 6.45) is 3.98. The first-order valence-corrected chi connectivity index (χ1v) is 8.93. The summed E-state index contributed by atoms with van der Waals surface area (Å²) in [6, 6.07) is 6.69. The van der Waals surface area contributed by atoms with E-state index in [2.05, 4.69) is 19.2 Å². The van der Waals surface area contributed by atoms with Gasteiger partial charge in [-0.1, -0.05) is 13.8 Å². The van der Waals surface area contributed by atoms with Gasteiger partial charge in [-0.3, -0.25) is 4.79 Å². The topological polar surface area (TPSA) is 43.3 Å². The van der Waals surface area contributed by atoms with Gasteiger partial charge in [-0.05, 0) is 43.5 Å². The van der Waals surface area contributed by atoms with Crippen LogP contribution < -0.4 is 10.1 Å². The zero-order chi connectivity index (χ0) is 17.8. The summed E-state index contributed by atoms with van der Waals surface area (Å²) < 4.78 is 22.0. The molecule has 1 heterocycles. The van der Waals surface area contributed by atoms with Gasteiger partial charge in [-0.2, -0.15) is 0 Å². The molecule has 5 heteroatoms. The van der Waals surface area contributed by atoms with Crippen molar-refractivity contribution in [3.63, 3.8) is 0 Å². The Hall–Kier alpha value is -2.14. The van der Waals surface area contributed by atoms with Gasteiger partial charge >= 0.3 is 0 Å². The standard InChI is InChI=1S/C20H25FN2O2/c1-14(2)13-22-9-11-25-15-6-7-19(17(21)12-15)23-10-8-16-18(23)4-3-5-20(16)24/h6-8,10,12,14,22H,3-5,9,11,13H2,1-2H3. The van der Waals surface area contributed by atoms with Crippen molar-refractivity contribution in [2.45, 2.75) is 33.1 Å². The van der Waals surface area contributed by atoms with Gasteiger partial charge in [0, 0.05) is 36.5 Å². The summed E-state index contributed by atoms with van der Waals surface area (Å²) >= 11 is 0. The summed E-state index contributed by atoms with van der Waals surface area (Å²) in [6.45, 7) is 6.47. The van der Waals surface area contributed by atoms with E-state index in [1.807, 2.05) is 0 Å². The molecule has 0 bridgehead atoms. The van der Waals surface area contributed by atoms with Crippen LogP contribution in [0.1, 0.15) is 42.7 Å². The third kappa shape index (κ3) is 4.10. The molecule has 1 aliphatic carbocycles. The number of benzene rings is 1. The Kier molecular flexibility index (Phi) is 5.53. The van der Waals surface area contributed by atoms with Crippen molar-refractivity contribution in [1.82, 2.24) is 9.88 Å². The molecule has 0 saturated carbocycles. The number of ether oxygens (including phenoxy) is 1. The third-order valence-corrected chi connectivity index (χ3v) is 4.39. The third-order valence-electron chi connectivity index (χ3n) is 4.39. The molecule has 25 heavy (non-hydrogen) atoms. The van der Waals surface area contributed by atoms with E-state index >= 15 is 0 Å². The number of aromatic nitrogens is 1. The van der Waals surface area contributed by atoms with Gasteiger partial charge in [0.25, 0.3) is 0 Å². The molecule has 2 aromatic rings. The van der Waals surface area contributed by atoms with E-state index in [1.54, 1.807) is 29.0 Å². The first-order valence-electron chi connectivity index (χ1n) is 8.93. The minimum absolute atomic E-state index is 0.147. The first kappa shape index (κ1) is 17.7. The van der Waals surface area contributed by atoms with Crippen LogP contribution in [-0.4, -0.2) is 30.0 Å². The number of fused-ring (bicyclic) bond motifs is 1. The summed E-state index contributed by atoms with van der Waals surface area (Å²) in [5, 5.41) is 3.29. The molecular weight excluding hydrogens is 319 g/mol. The number of rotatable bonds is 7. The van der Waals surface area contributed by atoms with Crippen molar-refractivity contribution in [1.29, 1.82) is 0 Å². The van der Waals surface area contributed by atoms with E-state index in [-0.39, 0.29) is 11.6 Å². The van der Waals surface area contributed by atoms with Crippen molar-refractivity contribution in [2.75, 3.05) is 19.7 Å². The minimum atomic E-state index is -0.343. The fraction of sp³-hybridized carbons (Fsp3) is 0.450. The second-order valence-corrected chi connectivity index (χ2v) is 6.88. The zero-order valence-electron chi connectivity index (χ0n) is 14.8. The number of halogens is 1. The average Bonchev–Trinajstić information content (AvgIpc) is 3.00. The zero-order valence-corrected chi connectivity index (χ0v) is 14.8. The molecule has 0 saturated heterocycles. The van der Waals surface area contributed by atoms with E-state index in [0.717, 1.165) is 37.2 Å².